The normalized spacial score (nSPS) is 19.8. The average molecular weight is 570 g/mol. The van der Waals surface area contributed by atoms with Crippen LogP contribution in [0.4, 0.5) is 11.4 Å². The van der Waals surface area contributed by atoms with E-state index in [1.54, 1.807) is 0 Å². The quantitative estimate of drug-likeness (QED) is 0.247. The molecule has 40 heavy (non-hydrogen) atoms. The molecule has 2 saturated heterocycles. The Hall–Kier alpha value is -3.35. The fraction of sp³-hybridized carbons (Fsp3) is 0.333. The van der Waals surface area contributed by atoms with Crippen LogP contribution in [0.2, 0.25) is 5.02 Å². The third-order valence-electron chi connectivity index (χ3n) is 8.75. The van der Waals surface area contributed by atoms with E-state index in [4.69, 9.17) is 28.8 Å². The number of thiocarbonyl (C=S) groups is 1. The molecule has 1 N–H and O–H groups in total. The highest BCUT2D eigenvalue weighted by molar-refractivity contribution is 7.80. The van der Waals surface area contributed by atoms with Crippen LogP contribution in [0.15, 0.2) is 72.9 Å². The number of nitrogens with zero attached hydrogens (tertiary/aromatic N) is 4. The van der Waals surface area contributed by atoms with Gasteiger partial charge in [-0.3, -0.25) is 4.98 Å². The lowest BCUT2D eigenvalue weighted by Gasteiger charge is -2.33. The van der Waals surface area contributed by atoms with E-state index in [9.17, 15) is 0 Å². The SMILES string of the molecule is Cc1c(C2C(c3ccccn3)NC(=S)N2c2ccc(N3CCC(C)CC3)c(Cl)c2)c(C)n(-c2ccccc2)c1C. The van der Waals surface area contributed by atoms with Crippen molar-refractivity contribution >= 4 is 40.3 Å². The summed E-state index contributed by atoms with van der Waals surface area (Å²) in [6, 6.07) is 22.9. The van der Waals surface area contributed by atoms with Gasteiger partial charge >= 0.3 is 0 Å². The van der Waals surface area contributed by atoms with Crippen molar-refractivity contribution in [2.75, 3.05) is 22.9 Å². The van der Waals surface area contributed by atoms with Crippen molar-refractivity contribution in [3.8, 4) is 5.69 Å². The fourth-order valence-corrected chi connectivity index (χ4v) is 7.12. The molecule has 6 rings (SSSR count). The van der Waals surface area contributed by atoms with Crippen molar-refractivity contribution in [3.05, 3.63) is 106 Å². The zero-order valence-electron chi connectivity index (χ0n) is 23.6. The Morgan fingerprint density at radius 2 is 1.62 bits per heavy atom. The number of piperidine rings is 1. The summed E-state index contributed by atoms with van der Waals surface area (Å²) >= 11 is 13.0. The van der Waals surface area contributed by atoms with E-state index in [1.807, 2.05) is 18.3 Å². The maximum absolute atomic E-state index is 7.00. The van der Waals surface area contributed by atoms with E-state index in [2.05, 4.69) is 102 Å². The molecule has 2 unspecified atom stereocenters. The van der Waals surface area contributed by atoms with Gasteiger partial charge in [-0.15, -0.1) is 0 Å². The van der Waals surface area contributed by atoms with Crippen LogP contribution in [0.3, 0.4) is 0 Å². The molecule has 0 radical (unpaired) electrons. The smallest absolute Gasteiger partial charge is 0.174 e. The van der Waals surface area contributed by atoms with Crippen molar-refractivity contribution in [3.63, 3.8) is 0 Å². The van der Waals surface area contributed by atoms with Crippen LogP contribution in [0.1, 0.15) is 60.1 Å². The molecule has 2 atom stereocenters. The molecule has 2 aliphatic heterocycles. The molecule has 0 spiro atoms. The summed E-state index contributed by atoms with van der Waals surface area (Å²) in [5.41, 5.74) is 9.16. The summed E-state index contributed by atoms with van der Waals surface area (Å²) in [4.78, 5) is 9.41. The zero-order valence-corrected chi connectivity index (χ0v) is 25.1. The van der Waals surface area contributed by atoms with Gasteiger partial charge < -0.3 is 19.7 Å². The van der Waals surface area contributed by atoms with Gasteiger partial charge in [0.25, 0.3) is 0 Å². The number of pyridine rings is 1. The summed E-state index contributed by atoms with van der Waals surface area (Å²) in [7, 11) is 0. The van der Waals surface area contributed by atoms with Crippen molar-refractivity contribution in [2.24, 2.45) is 5.92 Å². The number of aromatic nitrogens is 2. The summed E-state index contributed by atoms with van der Waals surface area (Å²) < 4.78 is 2.35. The second-order valence-corrected chi connectivity index (χ2v) is 12.0. The van der Waals surface area contributed by atoms with Crippen molar-refractivity contribution < 1.29 is 0 Å². The Balaban J connectivity index is 1.47. The van der Waals surface area contributed by atoms with Crippen LogP contribution in [-0.4, -0.2) is 27.8 Å². The number of nitrogens with one attached hydrogen (secondary N) is 1. The molecule has 5 nitrogen and oxygen atoms in total. The van der Waals surface area contributed by atoms with Crippen LogP contribution in [0.5, 0.6) is 0 Å². The maximum atomic E-state index is 7.00. The first-order valence-electron chi connectivity index (χ1n) is 14.1. The van der Waals surface area contributed by atoms with Gasteiger partial charge in [-0.05, 0) is 99.8 Å². The van der Waals surface area contributed by atoms with E-state index in [0.717, 1.165) is 46.8 Å². The van der Waals surface area contributed by atoms with Gasteiger partial charge in [0.1, 0.15) is 0 Å². The van der Waals surface area contributed by atoms with E-state index in [1.165, 1.54) is 35.4 Å². The zero-order chi connectivity index (χ0) is 28.0. The molecule has 2 aromatic heterocycles. The molecule has 2 fully saturated rings. The number of anilines is 2. The molecule has 206 valence electrons. The minimum absolute atomic E-state index is 0.0937. The summed E-state index contributed by atoms with van der Waals surface area (Å²) in [5.74, 6) is 0.768. The Morgan fingerprint density at radius 1 is 0.900 bits per heavy atom. The second-order valence-electron chi connectivity index (χ2n) is 11.2. The van der Waals surface area contributed by atoms with Crippen LogP contribution >= 0.6 is 23.8 Å². The monoisotopic (exact) mass is 569 g/mol. The van der Waals surface area contributed by atoms with Crippen molar-refractivity contribution in [2.45, 2.75) is 52.6 Å². The highest BCUT2D eigenvalue weighted by Crippen LogP contribution is 2.46. The van der Waals surface area contributed by atoms with Gasteiger partial charge in [0.05, 0.1) is 28.5 Å². The number of hydrogen-bond acceptors (Lipinski definition) is 3. The van der Waals surface area contributed by atoms with Crippen LogP contribution < -0.4 is 15.1 Å². The Bertz CT molecular complexity index is 1530. The lowest BCUT2D eigenvalue weighted by Crippen LogP contribution is -2.33. The number of halogens is 1. The molecule has 7 heteroatoms. The van der Waals surface area contributed by atoms with E-state index < -0.39 is 0 Å². The van der Waals surface area contributed by atoms with Gasteiger partial charge in [-0.25, -0.2) is 0 Å². The van der Waals surface area contributed by atoms with Crippen molar-refractivity contribution in [1.82, 2.24) is 14.9 Å². The van der Waals surface area contributed by atoms with Gasteiger partial charge in [-0.2, -0.15) is 0 Å². The van der Waals surface area contributed by atoms with Crippen LogP contribution in [0.25, 0.3) is 5.69 Å². The van der Waals surface area contributed by atoms with Crippen molar-refractivity contribution in [1.29, 1.82) is 0 Å². The predicted molar refractivity (Wildman–Crippen MR) is 170 cm³/mol. The first-order valence-corrected chi connectivity index (χ1v) is 14.9. The molecule has 4 heterocycles. The predicted octanol–water partition coefficient (Wildman–Crippen LogP) is 7.86. The minimum atomic E-state index is -0.112. The number of para-hydroxylation sites is 1. The lowest BCUT2D eigenvalue weighted by molar-refractivity contribution is 0.438. The largest absolute Gasteiger partial charge is 0.370 e. The molecular weight excluding hydrogens is 534 g/mol. The first kappa shape index (κ1) is 26.9. The lowest BCUT2D eigenvalue weighted by atomic mass is 9.93. The Kier molecular flexibility index (Phi) is 7.32. The number of benzene rings is 2. The van der Waals surface area contributed by atoms with Crippen LogP contribution in [-0.2, 0) is 0 Å². The molecule has 2 aromatic carbocycles. The van der Waals surface area contributed by atoms with Gasteiger partial charge in [-0.1, -0.05) is 42.8 Å². The summed E-state index contributed by atoms with van der Waals surface area (Å²) in [6.07, 6.45) is 4.25. The van der Waals surface area contributed by atoms with Gasteiger partial charge in [0, 0.05) is 47.6 Å². The van der Waals surface area contributed by atoms with Gasteiger partial charge in [0.2, 0.25) is 0 Å². The average Bonchev–Trinajstić information content (AvgIpc) is 3.41. The van der Waals surface area contributed by atoms with Crippen LogP contribution in [0, 0.1) is 26.7 Å². The highest BCUT2D eigenvalue weighted by atomic mass is 35.5. The molecule has 4 aromatic rings. The molecule has 0 amide bonds. The van der Waals surface area contributed by atoms with E-state index in [0.29, 0.717) is 5.11 Å². The third-order valence-corrected chi connectivity index (χ3v) is 9.37. The van der Waals surface area contributed by atoms with E-state index >= 15 is 0 Å². The third kappa shape index (κ3) is 4.67. The van der Waals surface area contributed by atoms with E-state index in [-0.39, 0.29) is 12.1 Å². The van der Waals surface area contributed by atoms with Gasteiger partial charge in [0.15, 0.2) is 5.11 Å². The molecule has 0 saturated carbocycles. The summed E-state index contributed by atoms with van der Waals surface area (Å²) in [6.45, 7) is 11.0. The Labute approximate surface area is 247 Å². The molecular formula is C33H36ClN5S. The number of hydrogen-bond donors (Lipinski definition) is 1. The topological polar surface area (TPSA) is 36.3 Å². The summed E-state index contributed by atoms with van der Waals surface area (Å²) in [5, 5.41) is 5.07. The Morgan fingerprint density at radius 3 is 2.30 bits per heavy atom. The highest BCUT2D eigenvalue weighted by Gasteiger charge is 2.43. The minimum Gasteiger partial charge on any atom is -0.370 e. The standard InChI is InChI=1S/C33H36ClN5S/c1-21-15-18-37(19-16-21)29-14-13-26(20-27(29)34)39-32(31(36-33(39)40)28-12-8-9-17-35-28)30-22(2)23(3)38(24(30)4)25-10-6-5-7-11-25/h5-14,17,20-21,31-32H,15-16,18-19H2,1-4H3,(H,36,40). The maximum Gasteiger partial charge on any atom is 0.174 e. The first-order chi connectivity index (χ1) is 19.3. The second kappa shape index (κ2) is 10.9. The molecule has 0 bridgehead atoms. The fourth-order valence-electron chi connectivity index (χ4n) is 6.48. The number of rotatable bonds is 5. The molecule has 0 aliphatic carbocycles. The molecule has 2 aliphatic rings.